The van der Waals surface area contributed by atoms with Crippen LogP contribution in [0.25, 0.3) is 33.4 Å². The van der Waals surface area contributed by atoms with Gasteiger partial charge in [0.05, 0.1) is 5.56 Å². The molecule has 2 amide bonds. The van der Waals surface area contributed by atoms with Gasteiger partial charge in [-0.25, -0.2) is 0 Å². The van der Waals surface area contributed by atoms with E-state index in [2.05, 4.69) is 5.32 Å². The lowest BCUT2D eigenvalue weighted by Crippen LogP contribution is -2.15. The number of benzene rings is 4. The average Bonchev–Trinajstić information content (AvgIpc) is 2.87. The van der Waals surface area contributed by atoms with Gasteiger partial charge in [0.2, 0.25) is 11.8 Å². The first-order valence-electron chi connectivity index (χ1n) is 11.9. The number of carbonyl (C=O) groups excluding carboxylic acids is 3. The summed E-state index contributed by atoms with van der Waals surface area (Å²) in [5, 5.41) is 2.81. The highest BCUT2D eigenvalue weighted by atomic mass is 16.1. The monoisotopic (exact) mass is 491 g/mol. The van der Waals surface area contributed by atoms with E-state index in [-0.39, 0.29) is 11.7 Å². The molecular weight excluding hydrogens is 462 g/mol. The molecule has 186 valence electrons. The third-order valence-corrected chi connectivity index (χ3v) is 6.18. The number of nitrogens with zero attached hydrogens (tertiary/aromatic N) is 1. The minimum Gasteiger partial charge on any atom is -0.378 e. The second kappa shape index (κ2) is 10.5. The summed E-state index contributed by atoms with van der Waals surface area (Å²) in [6.45, 7) is 2.96. The lowest BCUT2D eigenvalue weighted by Gasteiger charge is -2.20. The largest absolute Gasteiger partial charge is 0.378 e. The Morgan fingerprint density at radius 2 is 1.35 bits per heavy atom. The number of rotatable bonds is 7. The van der Waals surface area contributed by atoms with Crippen LogP contribution in [0, 0.1) is 0 Å². The van der Waals surface area contributed by atoms with Gasteiger partial charge in [0.25, 0.3) is 0 Å². The maximum atomic E-state index is 13.1. The molecule has 0 bridgehead atoms. The highest BCUT2D eigenvalue weighted by molar-refractivity contribution is 6.10. The van der Waals surface area contributed by atoms with Crippen LogP contribution in [0.3, 0.4) is 0 Å². The fourth-order valence-electron chi connectivity index (χ4n) is 4.45. The Balaban J connectivity index is 2.07. The Kier molecular flexibility index (Phi) is 7.20. The average molecular weight is 492 g/mol. The molecule has 0 aliphatic heterocycles. The molecule has 3 N–H and O–H groups in total. The molecule has 37 heavy (non-hydrogen) atoms. The Labute approximate surface area is 216 Å². The highest BCUT2D eigenvalue weighted by Gasteiger charge is 2.22. The third kappa shape index (κ3) is 5.43. The number of hydrogen-bond donors (Lipinski definition) is 2. The Hall–Kier alpha value is -4.71. The van der Waals surface area contributed by atoms with Crippen LogP contribution in [0.4, 0.5) is 11.4 Å². The molecule has 6 nitrogen and oxygen atoms in total. The molecule has 0 saturated carbocycles. The molecule has 0 atom stereocenters. The Morgan fingerprint density at radius 1 is 0.730 bits per heavy atom. The van der Waals surface area contributed by atoms with Gasteiger partial charge in [-0.3, -0.25) is 14.4 Å². The van der Waals surface area contributed by atoms with E-state index in [4.69, 9.17) is 5.73 Å². The molecule has 0 heterocycles. The van der Waals surface area contributed by atoms with Crippen LogP contribution in [-0.2, 0) is 4.79 Å². The van der Waals surface area contributed by atoms with Gasteiger partial charge < -0.3 is 16.0 Å². The van der Waals surface area contributed by atoms with Gasteiger partial charge in [-0.15, -0.1) is 0 Å². The van der Waals surface area contributed by atoms with Gasteiger partial charge in [-0.2, -0.15) is 0 Å². The number of Topliss-reactive ketones (excluding diaryl/α,β-unsaturated/α-hetero) is 1. The molecule has 6 heteroatoms. The molecule has 0 fully saturated rings. The van der Waals surface area contributed by atoms with Gasteiger partial charge >= 0.3 is 0 Å². The van der Waals surface area contributed by atoms with Crippen molar-refractivity contribution in [1.29, 1.82) is 0 Å². The maximum Gasteiger partial charge on any atom is 0.249 e. The van der Waals surface area contributed by atoms with E-state index < -0.39 is 5.91 Å². The number of nitrogens with two attached hydrogens (primary N) is 1. The number of carbonyl (C=O) groups is 3. The fourth-order valence-corrected chi connectivity index (χ4v) is 4.45. The number of nitrogens with one attached hydrogen (secondary N) is 1. The third-order valence-electron chi connectivity index (χ3n) is 6.18. The summed E-state index contributed by atoms with van der Waals surface area (Å²) in [4.78, 5) is 39.0. The van der Waals surface area contributed by atoms with Crippen LogP contribution in [-0.4, -0.2) is 31.7 Å². The first-order chi connectivity index (χ1) is 17.7. The molecule has 0 radical (unpaired) electrons. The van der Waals surface area contributed by atoms with Crippen molar-refractivity contribution >= 4 is 29.0 Å². The predicted molar refractivity (Wildman–Crippen MR) is 150 cm³/mol. The topological polar surface area (TPSA) is 92.5 Å². The highest BCUT2D eigenvalue weighted by Crippen LogP contribution is 2.41. The van der Waals surface area contributed by atoms with E-state index in [0.29, 0.717) is 33.5 Å². The second-order valence-electron chi connectivity index (χ2n) is 9.12. The zero-order chi connectivity index (χ0) is 26.7. The molecular formula is C31H29N3O3. The van der Waals surface area contributed by atoms with Crippen LogP contribution in [0.2, 0.25) is 0 Å². The molecule has 0 aliphatic rings. The number of ketones is 1. The van der Waals surface area contributed by atoms with E-state index in [1.807, 2.05) is 91.8 Å². The van der Waals surface area contributed by atoms with E-state index in [9.17, 15) is 14.4 Å². The van der Waals surface area contributed by atoms with Gasteiger partial charge in [0.15, 0.2) is 5.78 Å². The molecule has 0 saturated heterocycles. The summed E-state index contributed by atoms with van der Waals surface area (Å²) < 4.78 is 0. The minimum absolute atomic E-state index is 0.0525. The van der Waals surface area contributed by atoms with E-state index >= 15 is 0 Å². The van der Waals surface area contributed by atoms with Crippen molar-refractivity contribution < 1.29 is 14.4 Å². The van der Waals surface area contributed by atoms with Crippen molar-refractivity contribution in [2.45, 2.75) is 13.8 Å². The number of primary amides is 1. The van der Waals surface area contributed by atoms with E-state index in [1.165, 1.54) is 13.8 Å². The molecule has 4 rings (SSSR count). The maximum absolute atomic E-state index is 13.1. The van der Waals surface area contributed by atoms with Crippen molar-refractivity contribution in [3.63, 3.8) is 0 Å². The van der Waals surface area contributed by atoms with Gasteiger partial charge in [-0.1, -0.05) is 54.6 Å². The predicted octanol–water partition coefficient (Wildman–Crippen LogP) is 6.01. The molecule has 0 spiro atoms. The summed E-state index contributed by atoms with van der Waals surface area (Å²) in [6, 6.07) is 26.3. The first-order valence-corrected chi connectivity index (χ1v) is 11.9. The molecule has 4 aromatic carbocycles. The van der Waals surface area contributed by atoms with Gasteiger partial charge in [0, 0.05) is 43.5 Å². The van der Waals surface area contributed by atoms with Crippen LogP contribution >= 0.6 is 0 Å². The summed E-state index contributed by atoms with van der Waals surface area (Å²) in [6.07, 6.45) is 0. The summed E-state index contributed by atoms with van der Waals surface area (Å²) >= 11 is 0. The summed E-state index contributed by atoms with van der Waals surface area (Å²) in [5.41, 5.74) is 13.0. The number of anilines is 2. The lowest BCUT2D eigenvalue weighted by atomic mass is 9.85. The van der Waals surface area contributed by atoms with Crippen molar-refractivity contribution in [3.05, 3.63) is 96.1 Å². The van der Waals surface area contributed by atoms with E-state index in [1.54, 1.807) is 12.1 Å². The smallest absolute Gasteiger partial charge is 0.249 e. The Bertz CT molecular complexity index is 1520. The summed E-state index contributed by atoms with van der Waals surface area (Å²) in [5.74, 6) is -0.825. The van der Waals surface area contributed by atoms with Gasteiger partial charge in [-0.05, 0) is 65.1 Å². The van der Waals surface area contributed by atoms with Gasteiger partial charge in [0.1, 0.15) is 0 Å². The second-order valence-corrected chi connectivity index (χ2v) is 9.12. The van der Waals surface area contributed by atoms with Crippen molar-refractivity contribution in [1.82, 2.24) is 0 Å². The molecule has 0 unspecified atom stereocenters. The van der Waals surface area contributed by atoms with Crippen LogP contribution in [0.15, 0.2) is 84.9 Å². The SMILES string of the molecule is CC(=O)Nc1cccc(-c2c(-c3cccc(C(C)=O)c3)ccc(-c3cccc(N(C)C)c3)c2C(N)=O)c1. The number of amides is 2. The molecule has 0 aliphatic carbocycles. The Morgan fingerprint density at radius 3 is 2.00 bits per heavy atom. The minimum atomic E-state index is -0.574. The fraction of sp³-hybridized carbons (Fsp3) is 0.129. The first kappa shape index (κ1) is 25.4. The van der Waals surface area contributed by atoms with Crippen LogP contribution in [0.1, 0.15) is 34.6 Å². The number of hydrogen-bond acceptors (Lipinski definition) is 4. The van der Waals surface area contributed by atoms with E-state index in [0.717, 1.165) is 22.4 Å². The lowest BCUT2D eigenvalue weighted by molar-refractivity contribution is -0.114. The standard InChI is InChI=1S/C31H29N3O3/c1-19(35)21-8-5-9-22(16-21)27-14-15-28(23-10-7-13-26(18-23)34(3)4)30(31(32)37)29(27)24-11-6-12-25(17-24)33-20(2)36/h5-18H,1-4H3,(H2,32,37)(H,33,36). The molecule has 4 aromatic rings. The normalized spacial score (nSPS) is 10.6. The van der Waals surface area contributed by atoms with Crippen molar-refractivity contribution in [3.8, 4) is 33.4 Å². The quantitative estimate of drug-likeness (QED) is 0.310. The van der Waals surface area contributed by atoms with Crippen LogP contribution < -0.4 is 16.0 Å². The molecule has 0 aromatic heterocycles. The summed E-state index contributed by atoms with van der Waals surface area (Å²) in [7, 11) is 3.91. The van der Waals surface area contributed by atoms with Crippen molar-refractivity contribution in [2.24, 2.45) is 5.73 Å². The van der Waals surface area contributed by atoms with Crippen molar-refractivity contribution in [2.75, 3.05) is 24.3 Å². The zero-order valence-corrected chi connectivity index (χ0v) is 21.3. The van der Waals surface area contributed by atoms with Crippen LogP contribution in [0.5, 0.6) is 0 Å². The zero-order valence-electron chi connectivity index (χ0n) is 21.3.